The lowest BCUT2D eigenvalue weighted by Crippen LogP contribution is -2.31. The number of halogens is 1. The highest BCUT2D eigenvalue weighted by atomic mass is 35.5. The van der Waals surface area contributed by atoms with Crippen LogP contribution in [0.5, 0.6) is 0 Å². The number of aryl methyl sites for hydroxylation is 1. The van der Waals surface area contributed by atoms with Crippen LogP contribution in [-0.2, 0) is 4.79 Å². The van der Waals surface area contributed by atoms with E-state index in [0.717, 1.165) is 16.9 Å². The minimum atomic E-state index is -0.227. The molecule has 1 atom stereocenters. The molecule has 0 aliphatic carbocycles. The fourth-order valence-corrected chi connectivity index (χ4v) is 4.13. The first-order chi connectivity index (χ1) is 10.6. The molecule has 0 spiro atoms. The molecule has 1 aromatic heterocycles. The van der Waals surface area contributed by atoms with Crippen LogP contribution in [0.15, 0.2) is 30.6 Å². The quantitative estimate of drug-likeness (QED) is 0.930. The first-order valence-electron chi connectivity index (χ1n) is 6.93. The highest BCUT2D eigenvalue weighted by molar-refractivity contribution is 8.00. The van der Waals surface area contributed by atoms with Crippen LogP contribution in [-0.4, -0.2) is 44.4 Å². The van der Waals surface area contributed by atoms with Gasteiger partial charge in [0, 0.05) is 12.2 Å². The molecule has 0 bridgehead atoms. The molecule has 7 heteroatoms. The third-order valence-electron chi connectivity index (χ3n) is 3.58. The predicted octanol–water partition coefficient (Wildman–Crippen LogP) is 2.40. The van der Waals surface area contributed by atoms with Crippen LogP contribution in [0.2, 0.25) is 5.15 Å². The van der Waals surface area contributed by atoms with Crippen LogP contribution >= 0.6 is 23.4 Å². The second-order valence-electron chi connectivity index (χ2n) is 5.10. The molecular formula is C15H16ClN3O2S. The number of hydrogen-bond donors (Lipinski definition) is 1. The molecule has 0 radical (unpaired) electrons. The fraction of sp³-hybridized carbons (Fsp3) is 0.333. The standard InChI is InChI=1S/C15H16ClN3O2S/c1-10-3-2-4-11(7-10)19-9-17-14(16)13(19)15-18(5-6-20)12(21)8-22-15/h2-4,7,9,15,20H,5-6,8H2,1H3. The zero-order valence-electron chi connectivity index (χ0n) is 12.1. The maximum atomic E-state index is 12.0. The van der Waals surface area contributed by atoms with Gasteiger partial charge >= 0.3 is 0 Å². The molecule has 1 aliphatic heterocycles. The van der Waals surface area contributed by atoms with E-state index in [1.807, 2.05) is 35.8 Å². The predicted molar refractivity (Wildman–Crippen MR) is 87.3 cm³/mol. The smallest absolute Gasteiger partial charge is 0.233 e. The number of aliphatic hydroxyl groups excluding tert-OH is 1. The summed E-state index contributed by atoms with van der Waals surface area (Å²) in [5.41, 5.74) is 2.87. The van der Waals surface area contributed by atoms with Crippen LogP contribution < -0.4 is 0 Å². The number of carbonyl (C=O) groups is 1. The van der Waals surface area contributed by atoms with Crippen molar-refractivity contribution in [1.29, 1.82) is 0 Å². The molecule has 5 nitrogen and oxygen atoms in total. The van der Waals surface area contributed by atoms with E-state index in [9.17, 15) is 9.90 Å². The SMILES string of the molecule is Cc1cccc(-n2cnc(Cl)c2C2SCC(=O)N2CCO)c1. The Bertz CT molecular complexity index is 704. The molecule has 3 rings (SSSR count). The Balaban J connectivity index is 2.04. The average Bonchev–Trinajstić information content (AvgIpc) is 3.03. The molecule has 1 fully saturated rings. The van der Waals surface area contributed by atoms with Crippen molar-refractivity contribution < 1.29 is 9.90 Å². The summed E-state index contributed by atoms with van der Waals surface area (Å²) >= 11 is 7.79. The number of carbonyl (C=O) groups excluding carboxylic acids is 1. The molecule has 1 aliphatic rings. The van der Waals surface area contributed by atoms with Crippen molar-refractivity contribution in [3.63, 3.8) is 0 Å². The monoisotopic (exact) mass is 337 g/mol. The van der Waals surface area contributed by atoms with E-state index in [1.54, 1.807) is 11.2 Å². The van der Waals surface area contributed by atoms with Crippen LogP contribution in [0.1, 0.15) is 16.6 Å². The van der Waals surface area contributed by atoms with Gasteiger partial charge in [0.05, 0.1) is 18.1 Å². The number of nitrogens with zero attached hydrogens (tertiary/aromatic N) is 3. The topological polar surface area (TPSA) is 58.4 Å². The third-order valence-corrected chi connectivity index (χ3v) is 5.08. The number of hydrogen-bond acceptors (Lipinski definition) is 4. The number of aromatic nitrogens is 2. The van der Waals surface area contributed by atoms with Crippen LogP contribution in [0.3, 0.4) is 0 Å². The summed E-state index contributed by atoms with van der Waals surface area (Å²) in [5.74, 6) is 0.400. The van der Waals surface area contributed by atoms with Crippen LogP contribution in [0, 0.1) is 6.92 Å². The van der Waals surface area contributed by atoms with Gasteiger partial charge in [-0.05, 0) is 24.6 Å². The van der Waals surface area contributed by atoms with Gasteiger partial charge < -0.3 is 10.0 Å². The van der Waals surface area contributed by atoms with Crippen molar-refractivity contribution in [2.75, 3.05) is 18.9 Å². The van der Waals surface area contributed by atoms with Gasteiger partial charge in [0.15, 0.2) is 5.15 Å². The molecule has 1 N–H and O–H groups in total. The van der Waals surface area contributed by atoms with E-state index < -0.39 is 0 Å². The Hall–Kier alpha value is -1.50. The number of amides is 1. The van der Waals surface area contributed by atoms with Crippen LogP contribution in [0.25, 0.3) is 5.69 Å². The van der Waals surface area contributed by atoms with Gasteiger partial charge in [-0.25, -0.2) is 4.98 Å². The lowest BCUT2D eigenvalue weighted by atomic mass is 10.2. The first kappa shape index (κ1) is 15.4. The number of rotatable bonds is 4. The van der Waals surface area contributed by atoms with E-state index in [-0.39, 0.29) is 17.9 Å². The molecule has 0 saturated carbocycles. The zero-order chi connectivity index (χ0) is 15.7. The van der Waals surface area contributed by atoms with Crippen molar-refractivity contribution in [2.24, 2.45) is 0 Å². The molecule has 2 heterocycles. The molecular weight excluding hydrogens is 322 g/mol. The normalized spacial score (nSPS) is 18.2. The number of benzene rings is 1. The Labute approximate surface area is 137 Å². The average molecular weight is 338 g/mol. The Kier molecular flexibility index (Phi) is 4.42. The fourth-order valence-electron chi connectivity index (χ4n) is 2.57. The van der Waals surface area contributed by atoms with Gasteiger partial charge in [0.2, 0.25) is 5.91 Å². The van der Waals surface area contributed by atoms with Gasteiger partial charge in [-0.3, -0.25) is 9.36 Å². The lowest BCUT2D eigenvalue weighted by Gasteiger charge is -2.24. The van der Waals surface area contributed by atoms with E-state index in [1.165, 1.54) is 11.8 Å². The highest BCUT2D eigenvalue weighted by Crippen LogP contribution is 2.41. The summed E-state index contributed by atoms with van der Waals surface area (Å²) in [7, 11) is 0. The highest BCUT2D eigenvalue weighted by Gasteiger charge is 2.36. The van der Waals surface area contributed by atoms with E-state index in [4.69, 9.17) is 11.6 Å². The second-order valence-corrected chi connectivity index (χ2v) is 6.53. The van der Waals surface area contributed by atoms with Crippen molar-refractivity contribution >= 4 is 29.3 Å². The molecule has 2 aromatic rings. The minimum Gasteiger partial charge on any atom is -0.395 e. The maximum absolute atomic E-state index is 12.0. The summed E-state index contributed by atoms with van der Waals surface area (Å²) in [6.45, 7) is 2.25. The summed E-state index contributed by atoms with van der Waals surface area (Å²) < 4.78 is 1.91. The maximum Gasteiger partial charge on any atom is 0.233 e. The third kappa shape index (κ3) is 2.74. The number of thioether (sulfide) groups is 1. The van der Waals surface area contributed by atoms with Gasteiger partial charge in [0.25, 0.3) is 0 Å². The van der Waals surface area contributed by atoms with E-state index in [2.05, 4.69) is 4.98 Å². The lowest BCUT2D eigenvalue weighted by molar-refractivity contribution is -0.128. The van der Waals surface area contributed by atoms with Gasteiger partial charge in [-0.2, -0.15) is 0 Å². The van der Waals surface area contributed by atoms with Crippen molar-refractivity contribution in [1.82, 2.24) is 14.5 Å². The summed E-state index contributed by atoms with van der Waals surface area (Å²) in [5, 5.41) is 9.35. The van der Waals surface area contributed by atoms with Crippen LogP contribution in [0.4, 0.5) is 0 Å². The minimum absolute atomic E-state index is 0.0112. The van der Waals surface area contributed by atoms with Gasteiger partial charge in [0.1, 0.15) is 11.7 Å². The Morgan fingerprint density at radius 3 is 3.05 bits per heavy atom. The number of aliphatic hydroxyl groups is 1. The Morgan fingerprint density at radius 2 is 2.32 bits per heavy atom. The van der Waals surface area contributed by atoms with Gasteiger partial charge in [-0.1, -0.05) is 23.7 Å². The van der Waals surface area contributed by atoms with Crippen molar-refractivity contribution in [3.05, 3.63) is 47.0 Å². The first-order valence-corrected chi connectivity index (χ1v) is 8.36. The molecule has 1 unspecified atom stereocenters. The van der Waals surface area contributed by atoms with E-state index in [0.29, 0.717) is 17.5 Å². The second kappa shape index (κ2) is 6.32. The summed E-state index contributed by atoms with van der Waals surface area (Å²) in [6, 6.07) is 8.01. The molecule has 1 amide bonds. The largest absolute Gasteiger partial charge is 0.395 e. The van der Waals surface area contributed by atoms with Crippen molar-refractivity contribution in [3.8, 4) is 5.69 Å². The van der Waals surface area contributed by atoms with Crippen molar-refractivity contribution in [2.45, 2.75) is 12.3 Å². The molecule has 22 heavy (non-hydrogen) atoms. The number of imidazole rings is 1. The molecule has 1 saturated heterocycles. The van der Waals surface area contributed by atoms with E-state index >= 15 is 0 Å². The zero-order valence-corrected chi connectivity index (χ0v) is 13.6. The molecule has 1 aromatic carbocycles. The molecule has 116 valence electrons. The Morgan fingerprint density at radius 1 is 1.50 bits per heavy atom. The van der Waals surface area contributed by atoms with Gasteiger partial charge in [-0.15, -0.1) is 11.8 Å². The summed E-state index contributed by atoms with van der Waals surface area (Å²) in [6.07, 6.45) is 1.67. The summed E-state index contributed by atoms with van der Waals surface area (Å²) in [4.78, 5) is 17.9. The number of β-amino-alcohol motifs (C(OH)–C–C–N with tert-alkyl or cyclic N) is 1.